The third-order valence-electron chi connectivity index (χ3n) is 3.83. The highest BCUT2D eigenvalue weighted by Crippen LogP contribution is 2.29. The van der Waals surface area contributed by atoms with Gasteiger partial charge in [-0.05, 0) is 24.3 Å². The molecular formula is C19H19F3N2O4. The van der Waals surface area contributed by atoms with Gasteiger partial charge >= 0.3 is 6.61 Å². The third kappa shape index (κ3) is 5.63. The summed E-state index contributed by atoms with van der Waals surface area (Å²) in [7, 11) is 2.73. The number of methoxy groups -OCH3 is 1. The van der Waals surface area contributed by atoms with Crippen LogP contribution in [0.15, 0.2) is 42.5 Å². The highest BCUT2D eigenvalue weighted by Gasteiger charge is 2.16. The van der Waals surface area contributed by atoms with Crippen molar-refractivity contribution in [2.24, 2.45) is 0 Å². The quantitative estimate of drug-likeness (QED) is 0.745. The van der Waals surface area contributed by atoms with Crippen LogP contribution in [0.25, 0.3) is 0 Å². The van der Waals surface area contributed by atoms with E-state index in [-0.39, 0.29) is 30.2 Å². The molecule has 0 spiro atoms. The minimum Gasteiger partial charge on any atom is -0.493 e. The van der Waals surface area contributed by atoms with Gasteiger partial charge in [0.15, 0.2) is 11.5 Å². The second-order valence-corrected chi connectivity index (χ2v) is 5.77. The molecule has 1 N–H and O–H groups in total. The largest absolute Gasteiger partial charge is 0.493 e. The van der Waals surface area contributed by atoms with Gasteiger partial charge in [-0.1, -0.05) is 18.2 Å². The first kappa shape index (κ1) is 21.1. The number of nitrogens with zero attached hydrogens (tertiary/aromatic N) is 1. The van der Waals surface area contributed by atoms with Crippen LogP contribution in [0.1, 0.15) is 15.9 Å². The fourth-order valence-electron chi connectivity index (χ4n) is 2.37. The van der Waals surface area contributed by atoms with Gasteiger partial charge in [-0.2, -0.15) is 8.78 Å². The van der Waals surface area contributed by atoms with Gasteiger partial charge in [0.05, 0.1) is 13.7 Å². The van der Waals surface area contributed by atoms with E-state index in [1.54, 1.807) is 18.2 Å². The van der Waals surface area contributed by atoms with E-state index in [1.807, 2.05) is 0 Å². The topological polar surface area (TPSA) is 67.9 Å². The number of ether oxygens (including phenoxy) is 2. The molecule has 0 unspecified atom stereocenters. The minimum absolute atomic E-state index is 0.0454. The molecule has 0 aromatic heterocycles. The first-order valence-corrected chi connectivity index (χ1v) is 8.20. The molecule has 2 rings (SSSR count). The highest BCUT2D eigenvalue weighted by atomic mass is 19.3. The fourth-order valence-corrected chi connectivity index (χ4v) is 2.37. The van der Waals surface area contributed by atoms with Gasteiger partial charge in [-0.15, -0.1) is 0 Å². The van der Waals surface area contributed by atoms with Crippen molar-refractivity contribution in [2.75, 3.05) is 20.7 Å². The molecule has 0 bridgehead atoms. The molecule has 0 heterocycles. The van der Waals surface area contributed by atoms with Gasteiger partial charge < -0.3 is 19.7 Å². The number of likely N-dealkylation sites (N-methyl/N-ethyl adjacent to an activating group) is 1. The molecule has 0 atom stereocenters. The van der Waals surface area contributed by atoms with Gasteiger partial charge in [0.2, 0.25) is 5.91 Å². The number of hydrogen-bond acceptors (Lipinski definition) is 4. The monoisotopic (exact) mass is 396 g/mol. The number of rotatable bonds is 8. The summed E-state index contributed by atoms with van der Waals surface area (Å²) in [5.74, 6) is -1.72. The number of alkyl halides is 2. The summed E-state index contributed by atoms with van der Waals surface area (Å²) in [6.07, 6.45) is 0. The Morgan fingerprint density at radius 1 is 1.14 bits per heavy atom. The van der Waals surface area contributed by atoms with Crippen LogP contribution in [-0.2, 0) is 11.3 Å². The van der Waals surface area contributed by atoms with Crippen molar-refractivity contribution in [3.63, 3.8) is 0 Å². The Kier molecular flexibility index (Phi) is 7.25. The molecule has 9 heteroatoms. The van der Waals surface area contributed by atoms with Gasteiger partial charge in [0, 0.05) is 24.7 Å². The number of amides is 2. The smallest absolute Gasteiger partial charge is 0.387 e. The molecule has 6 nitrogen and oxygen atoms in total. The molecule has 0 radical (unpaired) electrons. The zero-order valence-corrected chi connectivity index (χ0v) is 15.2. The Bertz CT molecular complexity index is 846. The van der Waals surface area contributed by atoms with E-state index in [9.17, 15) is 22.8 Å². The number of carbonyl (C=O) groups excluding carboxylic acids is 2. The molecule has 150 valence electrons. The minimum atomic E-state index is -3.03. The third-order valence-corrected chi connectivity index (χ3v) is 3.83. The second kappa shape index (κ2) is 9.63. The number of halogens is 3. The lowest BCUT2D eigenvalue weighted by atomic mass is 10.2. The van der Waals surface area contributed by atoms with Crippen LogP contribution in [0.4, 0.5) is 13.2 Å². The average molecular weight is 396 g/mol. The first-order chi connectivity index (χ1) is 13.3. The van der Waals surface area contributed by atoms with Crippen LogP contribution >= 0.6 is 0 Å². The standard InChI is InChI=1S/C19H19F3N2O4/c1-24(11-13-5-3-4-6-14(13)20)17(25)10-23-18(26)12-7-8-15(28-19(21)22)16(9-12)27-2/h3-9,19H,10-11H2,1-2H3,(H,23,26). The van der Waals surface area contributed by atoms with Crippen LogP contribution in [-0.4, -0.2) is 44.0 Å². The van der Waals surface area contributed by atoms with Crippen molar-refractivity contribution in [3.05, 3.63) is 59.4 Å². The van der Waals surface area contributed by atoms with Crippen LogP contribution in [0.5, 0.6) is 11.5 Å². The Morgan fingerprint density at radius 3 is 2.50 bits per heavy atom. The molecule has 28 heavy (non-hydrogen) atoms. The molecule has 2 aromatic rings. The van der Waals surface area contributed by atoms with E-state index in [2.05, 4.69) is 10.1 Å². The summed E-state index contributed by atoms with van der Waals surface area (Å²) in [6.45, 7) is -3.30. The zero-order chi connectivity index (χ0) is 20.7. The lowest BCUT2D eigenvalue weighted by Crippen LogP contribution is -2.38. The van der Waals surface area contributed by atoms with Crippen molar-refractivity contribution in [1.82, 2.24) is 10.2 Å². The van der Waals surface area contributed by atoms with Crippen molar-refractivity contribution in [1.29, 1.82) is 0 Å². The summed E-state index contributed by atoms with van der Waals surface area (Å²) in [6, 6.07) is 9.73. The van der Waals surface area contributed by atoms with E-state index in [0.717, 1.165) is 0 Å². The molecule has 0 aliphatic heterocycles. The highest BCUT2D eigenvalue weighted by molar-refractivity contribution is 5.97. The maximum absolute atomic E-state index is 13.7. The van der Waals surface area contributed by atoms with E-state index >= 15 is 0 Å². The van der Waals surface area contributed by atoms with Gasteiger partial charge in [-0.25, -0.2) is 4.39 Å². The van der Waals surface area contributed by atoms with Crippen molar-refractivity contribution >= 4 is 11.8 Å². The second-order valence-electron chi connectivity index (χ2n) is 5.77. The van der Waals surface area contributed by atoms with E-state index in [0.29, 0.717) is 5.56 Å². The molecule has 0 saturated carbocycles. The predicted octanol–water partition coefficient (Wildman–Crippen LogP) is 2.82. The maximum atomic E-state index is 13.7. The normalized spacial score (nSPS) is 10.5. The summed E-state index contributed by atoms with van der Waals surface area (Å²) >= 11 is 0. The molecule has 0 aliphatic rings. The predicted molar refractivity (Wildman–Crippen MR) is 94.8 cm³/mol. The van der Waals surface area contributed by atoms with Crippen molar-refractivity contribution in [3.8, 4) is 11.5 Å². The van der Waals surface area contributed by atoms with E-state index in [4.69, 9.17) is 4.74 Å². The van der Waals surface area contributed by atoms with Gasteiger partial charge in [0.25, 0.3) is 5.91 Å². The van der Waals surface area contributed by atoms with Crippen molar-refractivity contribution in [2.45, 2.75) is 13.2 Å². The van der Waals surface area contributed by atoms with Crippen LogP contribution in [0.2, 0.25) is 0 Å². The zero-order valence-electron chi connectivity index (χ0n) is 15.2. The summed E-state index contributed by atoms with van der Waals surface area (Å²) in [5.41, 5.74) is 0.451. The summed E-state index contributed by atoms with van der Waals surface area (Å²) in [4.78, 5) is 25.6. The van der Waals surface area contributed by atoms with E-state index < -0.39 is 24.2 Å². The van der Waals surface area contributed by atoms with Crippen LogP contribution < -0.4 is 14.8 Å². The Morgan fingerprint density at radius 2 is 1.86 bits per heavy atom. The van der Waals surface area contributed by atoms with Gasteiger partial charge in [0.1, 0.15) is 5.82 Å². The number of hydrogen-bond donors (Lipinski definition) is 1. The molecule has 2 amide bonds. The number of benzene rings is 2. The maximum Gasteiger partial charge on any atom is 0.387 e. The lowest BCUT2D eigenvalue weighted by Gasteiger charge is -2.18. The lowest BCUT2D eigenvalue weighted by molar-refractivity contribution is -0.129. The fraction of sp³-hybridized carbons (Fsp3) is 0.263. The SMILES string of the molecule is COc1cc(C(=O)NCC(=O)N(C)Cc2ccccc2F)ccc1OC(F)F. The molecule has 0 fully saturated rings. The number of carbonyl (C=O) groups is 2. The van der Waals surface area contributed by atoms with Crippen molar-refractivity contribution < 1.29 is 32.2 Å². The Hall–Kier alpha value is -3.23. The summed E-state index contributed by atoms with van der Waals surface area (Å²) in [5, 5.41) is 2.42. The Balaban J connectivity index is 1.95. The van der Waals surface area contributed by atoms with E-state index in [1.165, 1.54) is 43.3 Å². The summed E-state index contributed by atoms with van der Waals surface area (Å²) < 4.78 is 47.5. The van der Waals surface area contributed by atoms with Crippen LogP contribution in [0.3, 0.4) is 0 Å². The molecule has 0 saturated heterocycles. The van der Waals surface area contributed by atoms with Gasteiger partial charge in [-0.3, -0.25) is 9.59 Å². The van der Waals surface area contributed by atoms with Crippen LogP contribution in [0, 0.1) is 5.82 Å². The molecular weight excluding hydrogens is 377 g/mol. The molecule has 0 aliphatic carbocycles. The average Bonchev–Trinajstić information content (AvgIpc) is 2.67. The number of nitrogens with one attached hydrogen (secondary N) is 1. The first-order valence-electron chi connectivity index (χ1n) is 8.20. The Labute approximate surface area is 159 Å². The molecule has 2 aromatic carbocycles.